The SMILES string of the molecule is C=C/C=C(\C=C)c1ccc2c(c1)c1ccccc1c(=O)n2-c1c2ccccc2c(-c2ccccc2)c2ccccc12. The molecule has 0 aliphatic carbocycles. The molecule has 0 bridgehead atoms. The molecule has 7 aromatic rings. The number of hydrogen-bond donors (Lipinski definition) is 0. The van der Waals surface area contributed by atoms with Crippen molar-refractivity contribution in [3.05, 3.63) is 169 Å². The molecule has 6 aromatic carbocycles. The van der Waals surface area contributed by atoms with Gasteiger partial charge in [-0.3, -0.25) is 9.36 Å². The molecule has 0 aliphatic heterocycles. The molecule has 0 spiro atoms. The highest BCUT2D eigenvalue weighted by molar-refractivity contribution is 6.19. The summed E-state index contributed by atoms with van der Waals surface area (Å²) in [5, 5.41) is 6.92. The summed E-state index contributed by atoms with van der Waals surface area (Å²) in [6.07, 6.45) is 5.56. The van der Waals surface area contributed by atoms with Crippen molar-refractivity contribution in [2.75, 3.05) is 0 Å². The third-order valence-electron chi connectivity index (χ3n) is 7.93. The van der Waals surface area contributed by atoms with Crippen LogP contribution in [0.2, 0.25) is 0 Å². The fourth-order valence-corrected chi connectivity index (χ4v) is 6.15. The fourth-order valence-electron chi connectivity index (χ4n) is 6.15. The average molecular weight is 526 g/mol. The van der Waals surface area contributed by atoms with Crippen LogP contribution < -0.4 is 5.56 Å². The second-order valence-electron chi connectivity index (χ2n) is 10.2. The van der Waals surface area contributed by atoms with Gasteiger partial charge in [-0.1, -0.05) is 135 Å². The number of fused-ring (bicyclic) bond motifs is 5. The lowest BCUT2D eigenvalue weighted by atomic mass is 9.90. The lowest BCUT2D eigenvalue weighted by molar-refractivity contribution is 1.08. The molecule has 0 N–H and O–H groups in total. The summed E-state index contributed by atoms with van der Waals surface area (Å²) in [4.78, 5) is 14.5. The van der Waals surface area contributed by atoms with E-state index in [4.69, 9.17) is 0 Å². The Kier molecular flexibility index (Phi) is 5.95. The number of allylic oxidation sites excluding steroid dienone is 4. The minimum absolute atomic E-state index is 0.0332. The van der Waals surface area contributed by atoms with Crippen molar-refractivity contribution in [3.8, 4) is 16.8 Å². The van der Waals surface area contributed by atoms with Crippen molar-refractivity contribution in [3.63, 3.8) is 0 Å². The van der Waals surface area contributed by atoms with Crippen LogP contribution in [0.1, 0.15) is 5.56 Å². The van der Waals surface area contributed by atoms with Gasteiger partial charge in [-0.05, 0) is 56.6 Å². The zero-order valence-corrected chi connectivity index (χ0v) is 22.5. The number of aromatic nitrogens is 1. The molecule has 0 aliphatic rings. The monoisotopic (exact) mass is 525 g/mol. The number of pyridine rings is 1. The van der Waals surface area contributed by atoms with Crippen LogP contribution in [0.5, 0.6) is 0 Å². The van der Waals surface area contributed by atoms with Crippen molar-refractivity contribution in [1.29, 1.82) is 0 Å². The Morgan fingerprint density at radius 3 is 1.76 bits per heavy atom. The smallest absolute Gasteiger partial charge is 0.263 e. The normalized spacial score (nSPS) is 11.9. The first kappa shape index (κ1) is 24.6. The molecule has 0 saturated heterocycles. The van der Waals surface area contributed by atoms with Crippen molar-refractivity contribution >= 4 is 48.8 Å². The third-order valence-corrected chi connectivity index (χ3v) is 7.93. The highest BCUT2D eigenvalue weighted by atomic mass is 16.1. The Balaban J connectivity index is 1.70. The molecule has 2 heteroatoms. The average Bonchev–Trinajstić information content (AvgIpc) is 3.03. The van der Waals surface area contributed by atoms with E-state index in [9.17, 15) is 4.79 Å². The minimum Gasteiger partial charge on any atom is -0.275 e. The molecule has 1 aromatic heterocycles. The highest BCUT2D eigenvalue weighted by Crippen LogP contribution is 2.41. The second-order valence-corrected chi connectivity index (χ2v) is 10.2. The maximum Gasteiger partial charge on any atom is 0.263 e. The molecule has 41 heavy (non-hydrogen) atoms. The molecule has 0 atom stereocenters. The highest BCUT2D eigenvalue weighted by Gasteiger charge is 2.20. The van der Waals surface area contributed by atoms with Crippen molar-refractivity contribution in [2.45, 2.75) is 0 Å². The van der Waals surface area contributed by atoms with Gasteiger partial charge in [0, 0.05) is 21.5 Å². The number of benzene rings is 6. The van der Waals surface area contributed by atoms with Crippen LogP contribution in [0, 0.1) is 0 Å². The Morgan fingerprint density at radius 1 is 0.585 bits per heavy atom. The first-order chi connectivity index (χ1) is 20.2. The van der Waals surface area contributed by atoms with Crippen LogP contribution in [0.3, 0.4) is 0 Å². The zero-order valence-electron chi connectivity index (χ0n) is 22.5. The van der Waals surface area contributed by atoms with Gasteiger partial charge < -0.3 is 0 Å². The summed E-state index contributed by atoms with van der Waals surface area (Å²) >= 11 is 0. The van der Waals surface area contributed by atoms with Crippen LogP contribution in [-0.2, 0) is 0 Å². The summed E-state index contributed by atoms with van der Waals surface area (Å²) in [6.45, 7) is 7.88. The predicted octanol–water partition coefficient (Wildman–Crippen LogP) is 9.87. The number of hydrogen-bond acceptors (Lipinski definition) is 1. The standard InChI is InChI=1S/C39H27NO/c1-3-14-26(4-2)28-23-24-36-35(25-28)29-17-8-13-22-34(29)39(41)40(36)38-32-20-11-9-18-30(32)37(27-15-6-5-7-16-27)31-19-10-12-21-33(31)38/h3-25H,1-2H2/b26-14+. The minimum atomic E-state index is -0.0332. The van der Waals surface area contributed by atoms with Crippen LogP contribution in [0.25, 0.3) is 65.6 Å². The largest absolute Gasteiger partial charge is 0.275 e. The van der Waals surface area contributed by atoms with E-state index in [0.29, 0.717) is 5.39 Å². The van der Waals surface area contributed by atoms with Gasteiger partial charge in [0.25, 0.3) is 5.56 Å². The fraction of sp³-hybridized carbons (Fsp3) is 0. The lowest BCUT2D eigenvalue weighted by Crippen LogP contribution is -2.20. The summed E-state index contributed by atoms with van der Waals surface area (Å²) in [5.74, 6) is 0. The summed E-state index contributed by atoms with van der Waals surface area (Å²) < 4.78 is 1.92. The number of nitrogens with zero attached hydrogens (tertiary/aromatic N) is 1. The van der Waals surface area contributed by atoms with Gasteiger partial charge in [-0.2, -0.15) is 0 Å². The molecule has 0 saturated carbocycles. The second kappa shape index (κ2) is 9.93. The maximum absolute atomic E-state index is 14.5. The molecule has 0 fully saturated rings. The van der Waals surface area contributed by atoms with Crippen LogP contribution >= 0.6 is 0 Å². The molecule has 1 heterocycles. The van der Waals surface area contributed by atoms with E-state index in [1.165, 1.54) is 5.56 Å². The molecule has 0 unspecified atom stereocenters. The predicted molar refractivity (Wildman–Crippen MR) is 176 cm³/mol. The van der Waals surface area contributed by atoms with Crippen LogP contribution in [0.15, 0.2) is 158 Å². The van der Waals surface area contributed by atoms with Crippen LogP contribution in [0.4, 0.5) is 0 Å². The van der Waals surface area contributed by atoms with E-state index in [0.717, 1.165) is 60.2 Å². The Labute approximate surface area is 238 Å². The van der Waals surface area contributed by atoms with Crippen molar-refractivity contribution < 1.29 is 0 Å². The van der Waals surface area contributed by atoms with E-state index < -0.39 is 0 Å². The van der Waals surface area contributed by atoms with Gasteiger partial charge in [0.15, 0.2) is 0 Å². The summed E-state index contributed by atoms with van der Waals surface area (Å²) in [6, 6.07) is 41.5. The molecule has 7 rings (SSSR count). The molecule has 194 valence electrons. The van der Waals surface area contributed by atoms with Gasteiger partial charge in [0.1, 0.15) is 0 Å². The van der Waals surface area contributed by atoms with Crippen LogP contribution in [-0.4, -0.2) is 4.57 Å². The first-order valence-corrected chi connectivity index (χ1v) is 13.7. The quantitative estimate of drug-likeness (QED) is 0.124. The summed E-state index contributed by atoms with van der Waals surface area (Å²) in [5.41, 5.74) is 6.05. The lowest BCUT2D eigenvalue weighted by Gasteiger charge is -2.21. The van der Waals surface area contributed by atoms with Crippen molar-refractivity contribution in [1.82, 2.24) is 4.57 Å². The van der Waals surface area contributed by atoms with Gasteiger partial charge in [0.05, 0.1) is 11.2 Å². The van der Waals surface area contributed by atoms with E-state index in [-0.39, 0.29) is 5.56 Å². The zero-order chi connectivity index (χ0) is 27.9. The van der Waals surface area contributed by atoms with E-state index in [2.05, 4.69) is 104 Å². The Bertz CT molecular complexity index is 2190. The molecular formula is C39H27NO. The maximum atomic E-state index is 14.5. The molecule has 2 nitrogen and oxygen atoms in total. The number of rotatable bonds is 5. The van der Waals surface area contributed by atoms with E-state index in [1.54, 1.807) is 6.08 Å². The van der Waals surface area contributed by atoms with Gasteiger partial charge in [-0.25, -0.2) is 0 Å². The summed E-state index contributed by atoms with van der Waals surface area (Å²) in [7, 11) is 0. The topological polar surface area (TPSA) is 22.0 Å². The molecule has 0 radical (unpaired) electrons. The van der Waals surface area contributed by atoms with Gasteiger partial charge in [0.2, 0.25) is 0 Å². The Morgan fingerprint density at radius 2 is 1.15 bits per heavy atom. The van der Waals surface area contributed by atoms with E-state index in [1.807, 2.05) is 47.1 Å². The van der Waals surface area contributed by atoms with Gasteiger partial charge in [-0.15, -0.1) is 0 Å². The molecule has 0 amide bonds. The van der Waals surface area contributed by atoms with Crippen molar-refractivity contribution in [2.24, 2.45) is 0 Å². The third kappa shape index (κ3) is 3.84. The van der Waals surface area contributed by atoms with Gasteiger partial charge >= 0.3 is 0 Å². The van der Waals surface area contributed by atoms with E-state index >= 15 is 0 Å². The molecular weight excluding hydrogens is 498 g/mol. The Hall–Kier alpha value is -5.47. The first-order valence-electron chi connectivity index (χ1n) is 13.7.